The summed E-state index contributed by atoms with van der Waals surface area (Å²) in [5.74, 6) is 0. The highest BCUT2D eigenvalue weighted by atomic mass is 35.5. The molecule has 0 amide bonds. The Bertz CT molecular complexity index is 1000. The lowest BCUT2D eigenvalue weighted by molar-refractivity contribution is 0.257. The largest absolute Gasteiger partial charge is 0.369 e. The van der Waals surface area contributed by atoms with Gasteiger partial charge in [0.25, 0.3) is 0 Å². The monoisotopic (exact) mass is 451 g/mol. The van der Waals surface area contributed by atoms with E-state index in [0.717, 1.165) is 62.2 Å². The van der Waals surface area contributed by atoms with Crippen LogP contribution in [-0.4, -0.2) is 53.9 Å². The van der Waals surface area contributed by atoms with Gasteiger partial charge in [-0.1, -0.05) is 56.6 Å². The van der Waals surface area contributed by atoms with Crippen molar-refractivity contribution in [2.75, 3.05) is 44.2 Å². The SMILES string of the molecule is CC(C)(C)c1ccc(Cl)cc1-n1ccc(CNCCN2CCN(c3ccccc3)CC2)n1. The lowest BCUT2D eigenvalue weighted by Crippen LogP contribution is -2.48. The third-order valence-electron chi connectivity index (χ3n) is 6.06. The molecule has 1 aliphatic rings. The third-order valence-corrected chi connectivity index (χ3v) is 6.30. The lowest BCUT2D eigenvalue weighted by atomic mass is 9.86. The molecule has 4 rings (SSSR count). The molecule has 6 heteroatoms. The molecule has 0 saturated carbocycles. The van der Waals surface area contributed by atoms with Crippen molar-refractivity contribution in [3.8, 4) is 5.69 Å². The van der Waals surface area contributed by atoms with E-state index < -0.39 is 0 Å². The Morgan fingerprint density at radius 2 is 1.72 bits per heavy atom. The van der Waals surface area contributed by atoms with E-state index in [1.54, 1.807) is 0 Å². The molecule has 0 radical (unpaired) electrons. The molecule has 1 saturated heterocycles. The zero-order valence-electron chi connectivity index (χ0n) is 19.4. The van der Waals surface area contributed by atoms with Crippen molar-refractivity contribution < 1.29 is 0 Å². The van der Waals surface area contributed by atoms with Crippen LogP contribution in [0.25, 0.3) is 5.69 Å². The first-order valence-electron chi connectivity index (χ1n) is 11.5. The average molecular weight is 452 g/mol. The molecule has 170 valence electrons. The van der Waals surface area contributed by atoms with Crippen LogP contribution in [0.4, 0.5) is 5.69 Å². The molecule has 1 N–H and O–H groups in total. The van der Waals surface area contributed by atoms with E-state index in [2.05, 4.69) is 78.4 Å². The fourth-order valence-corrected chi connectivity index (χ4v) is 4.41. The van der Waals surface area contributed by atoms with Gasteiger partial charge in [0, 0.05) is 62.7 Å². The van der Waals surface area contributed by atoms with Gasteiger partial charge < -0.3 is 10.2 Å². The second-order valence-corrected chi connectivity index (χ2v) is 9.94. The van der Waals surface area contributed by atoms with E-state index in [-0.39, 0.29) is 5.41 Å². The first-order valence-corrected chi connectivity index (χ1v) is 11.9. The standard InChI is InChI=1S/C26H34ClN5/c1-26(2,3)24-10-9-21(27)19-25(24)32-13-11-22(29-32)20-28-12-14-30-15-17-31(18-16-30)23-7-5-4-6-8-23/h4-11,13,19,28H,12,14-18,20H2,1-3H3. The summed E-state index contributed by atoms with van der Waals surface area (Å²) in [7, 11) is 0. The third kappa shape index (κ3) is 5.71. The highest BCUT2D eigenvalue weighted by molar-refractivity contribution is 6.30. The van der Waals surface area contributed by atoms with Crippen molar-refractivity contribution in [1.29, 1.82) is 0 Å². The molecule has 5 nitrogen and oxygen atoms in total. The zero-order chi connectivity index (χ0) is 22.6. The Labute approximate surface area is 197 Å². The number of anilines is 1. The molecule has 0 atom stereocenters. The number of rotatable bonds is 7. The summed E-state index contributed by atoms with van der Waals surface area (Å²) in [5, 5.41) is 9.09. The van der Waals surface area contributed by atoms with Crippen LogP contribution in [0.1, 0.15) is 32.0 Å². The van der Waals surface area contributed by atoms with Crippen LogP contribution >= 0.6 is 11.6 Å². The highest BCUT2D eigenvalue weighted by Crippen LogP contribution is 2.30. The van der Waals surface area contributed by atoms with Crippen LogP contribution < -0.4 is 10.2 Å². The lowest BCUT2D eigenvalue weighted by Gasteiger charge is -2.36. The fourth-order valence-electron chi connectivity index (χ4n) is 4.24. The van der Waals surface area contributed by atoms with Gasteiger partial charge in [-0.3, -0.25) is 4.90 Å². The second kappa shape index (κ2) is 10.1. The van der Waals surface area contributed by atoms with E-state index in [1.165, 1.54) is 11.3 Å². The summed E-state index contributed by atoms with van der Waals surface area (Å²) in [4.78, 5) is 5.00. The summed E-state index contributed by atoms with van der Waals surface area (Å²) in [5.41, 5.74) is 4.68. The maximum absolute atomic E-state index is 6.28. The van der Waals surface area contributed by atoms with Crippen molar-refractivity contribution in [1.82, 2.24) is 20.0 Å². The average Bonchev–Trinajstić information content (AvgIpc) is 3.26. The highest BCUT2D eigenvalue weighted by Gasteiger charge is 2.20. The summed E-state index contributed by atoms with van der Waals surface area (Å²) >= 11 is 6.28. The molecule has 0 aliphatic carbocycles. The van der Waals surface area contributed by atoms with Gasteiger partial charge in [0.2, 0.25) is 0 Å². The number of halogens is 1. The van der Waals surface area contributed by atoms with E-state index >= 15 is 0 Å². The van der Waals surface area contributed by atoms with Crippen molar-refractivity contribution in [2.24, 2.45) is 0 Å². The van der Waals surface area contributed by atoms with E-state index in [1.807, 2.05) is 23.0 Å². The summed E-state index contributed by atoms with van der Waals surface area (Å²) in [6.45, 7) is 13.8. The van der Waals surface area contributed by atoms with Crippen LogP contribution in [0, 0.1) is 0 Å². The number of piperazine rings is 1. The Morgan fingerprint density at radius 1 is 0.969 bits per heavy atom. The van der Waals surface area contributed by atoms with E-state index in [0.29, 0.717) is 0 Å². The number of nitrogens with zero attached hydrogens (tertiary/aromatic N) is 4. The molecule has 1 fully saturated rings. The second-order valence-electron chi connectivity index (χ2n) is 9.50. The molecule has 1 aromatic heterocycles. The van der Waals surface area contributed by atoms with Crippen LogP contribution in [0.15, 0.2) is 60.8 Å². The molecule has 0 bridgehead atoms. The molecule has 2 heterocycles. The summed E-state index contributed by atoms with van der Waals surface area (Å²) in [6, 6.07) is 18.8. The normalized spacial score (nSPS) is 15.3. The van der Waals surface area contributed by atoms with Crippen molar-refractivity contribution in [3.63, 3.8) is 0 Å². The topological polar surface area (TPSA) is 36.3 Å². The van der Waals surface area contributed by atoms with Gasteiger partial charge in [-0.15, -0.1) is 0 Å². The van der Waals surface area contributed by atoms with Gasteiger partial charge in [0.1, 0.15) is 0 Å². The minimum Gasteiger partial charge on any atom is -0.369 e. The predicted octanol–water partition coefficient (Wildman–Crippen LogP) is 4.74. The van der Waals surface area contributed by atoms with Crippen LogP contribution in [0.2, 0.25) is 5.02 Å². The zero-order valence-corrected chi connectivity index (χ0v) is 20.1. The number of aromatic nitrogens is 2. The Morgan fingerprint density at radius 3 is 2.44 bits per heavy atom. The Hall–Kier alpha value is -2.34. The minimum atomic E-state index is 0.0226. The van der Waals surface area contributed by atoms with Crippen molar-refractivity contribution >= 4 is 17.3 Å². The minimum absolute atomic E-state index is 0.0226. The van der Waals surface area contributed by atoms with Gasteiger partial charge in [0.05, 0.1) is 11.4 Å². The molecule has 0 spiro atoms. The quantitative estimate of drug-likeness (QED) is 0.526. The number of para-hydroxylation sites is 1. The molecule has 0 unspecified atom stereocenters. The van der Waals surface area contributed by atoms with Gasteiger partial charge in [-0.25, -0.2) is 4.68 Å². The predicted molar refractivity (Wildman–Crippen MR) is 134 cm³/mol. The summed E-state index contributed by atoms with van der Waals surface area (Å²) < 4.78 is 1.95. The molecular formula is C26H34ClN5. The first-order chi connectivity index (χ1) is 15.4. The van der Waals surface area contributed by atoms with E-state index in [9.17, 15) is 0 Å². The molecule has 32 heavy (non-hydrogen) atoms. The van der Waals surface area contributed by atoms with Gasteiger partial charge in [0.15, 0.2) is 0 Å². The smallest absolute Gasteiger partial charge is 0.0766 e. The molecule has 1 aliphatic heterocycles. The maximum Gasteiger partial charge on any atom is 0.0766 e. The van der Waals surface area contributed by atoms with Gasteiger partial charge in [-0.2, -0.15) is 5.10 Å². The van der Waals surface area contributed by atoms with Gasteiger partial charge in [-0.05, 0) is 41.3 Å². The number of hydrogen-bond acceptors (Lipinski definition) is 4. The van der Waals surface area contributed by atoms with Crippen LogP contribution in [0.3, 0.4) is 0 Å². The van der Waals surface area contributed by atoms with Crippen molar-refractivity contribution in [2.45, 2.75) is 32.7 Å². The maximum atomic E-state index is 6.28. The van der Waals surface area contributed by atoms with Crippen LogP contribution in [0.5, 0.6) is 0 Å². The fraction of sp³-hybridized carbons (Fsp3) is 0.423. The summed E-state index contributed by atoms with van der Waals surface area (Å²) in [6.07, 6.45) is 2.03. The number of hydrogen-bond donors (Lipinski definition) is 1. The van der Waals surface area contributed by atoms with Crippen LogP contribution in [-0.2, 0) is 12.0 Å². The number of benzene rings is 2. The Balaban J connectivity index is 1.25. The van der Waals surface area contributed by atoms with Gasteiger partial charge >= 0.3 is 0 Å². The van der Waals surface area contributed by atoms with E-state index in [4.69, 9.17) is 16.7 Å². The molecule has 3 aromatic rings. The Kier molecular flexibility index (Phi) is 7.19. The molecular weight excluding hydrogens is 418 g/mol. The van der Waals surface area contributed by atoms with Crippen molar-refractivity contribution in [3.05, 3.63) is 77.1 Å². The number of nitrogens with one attached hydrogen (secondary N) is 1. The first kappa shape index (κ1) is 22.8. The molecule has 2 aromatic carbocycles.